The van der Waals surface area contributed by atoms with Crippen molar-refractivity contribution in [3.05, 3.63) is 16.7 Å². The van der Waals surface area contributed by atoms with Crippen LogP contribution in [0.4, 0.5) is 0 Å². The smallest absolute Gasteiger partial charge is 0.177 e. The lowest BCUT2D eigenvalue weighted by Gasteiger charge is -2.36. The van der Waals surface area contributed by atoms with Gasteiger partial charge in [0.25, 0.3) is 0 Å². The second-order valence-electron chi connectivity index (χ2n) is 5.64. The Morgan fingerprint density at radius 1 is 1.47 bits per heavy atom. The molecule has 0 aromatic carbocycles. The van der Waals surface area contributed by atoms with Crippen LogP contribution < -0.4 is 0 Å². The average Bonchev–Trinajstić information content (AvgIpc) is 2.60. The summed E-state index contributed by atoms with van der Waals surface area (Å²) >= 11 is 5.45. The molecule has 0 amide bonds. The van der Waals surface area contributed by atoms with Gasteiger partial charge in [-0.1, -0.05) is 20.8 Å². The van der Waals surface area contributed by atoms with Crippen LogP contribution in [0, 0.1) is 10.7 Å². The summed E-state index contributed by atoms with van der Waals surface area (Å²) in [6, 6.07) is 0.558. The number of aromatic nitrogens is 2. The highest BCUT2D eigenvalue weighted by atomic mass is 32.1. The number of H-pyrrole nitrogens is 1. The maximum atomic E-state index is 5.45. The number of nitrogens with one attached hydrogen (secondary N) is 1. The van der Waals surface area contributed by atoms with E-state index in [-0.39, 0.29) is 0 Å². The van der Waals surface area contributed by atoms with Gasteiger partial charge in [0.05, 0.1) is 0 Å². The Morgan fingerprint density at radius 2 is 2.18 bits per heavy atom. The van der Waals surface area contributed by atoms with E-state index in [1.165, 1.54) is 18.7 Å². The Labute approximate surface area is 109 Å². The fraction of sp³-hybridized carbons (Fsp3) is 0.769. The SMILES string of the molecule is CC(C)c1c[nH]c(=S)n1C1CCN(C)CC1C. The molecule has 2 rings (SSSR count). The van der Waals surface area contributed by atoms with Gasteiger partial charge in [-0.3, -0.25) is 0 Å². The highest BCUT2D eigenvalue weighted by Gasteiger charge is 2.27. The zero-order chi connectivity index (χ0) is 12.6. The van der Waals surface area contributed by atoms with Crippen LogP contribution in [0.5, 0.6) is 0 Å². The monoisotopic (exact) mass is 253 g/mol. The van der Waals surface area contributed by atoms with E-state index in [1.807, 2.05) is 0 Å². The maximum Gasteiger partial charge on any atom is 0.177 e. The fourth-order valence-corrected chi connectivity index (χ4v) is 3.20. The molecule has 96 valence electrons. The van der Waals surface area contributed by atoms with E-state index in [0.29, 0.717) is 17.9 Å². The molecule has 1 fully saturated rings. The van der Waals surface area contributed by atoms with E-state index < -0.39 is 0 Å². The Bertz CT molecular complexity index is 432. The summed E-state index contributed by atoms with van der Waals surface area (Å²) in [7, 11) is 2.20. The minimum atomic E-state index is 0.523. The summed E-state index contributed by atoms with van der Waals surface area (Å²) in [4.78, 5) is 5.62. The van der Waals surface area contributed by atoms with Gasteiger partial charge in [-0.25, -0.2) is 0 Å². The van der Waals surface area contributed by atoms with Gasteiger partial charge in [0.15, 0.2) is 4.77 Å². The highest BCUT2D eigenvalue weighted by molar-refractivity contribution is 7.71. The van der Waals surface area contributed by atoms with Crippen molar-refractivity contribution >= 4 is 12.2 Å². The van der Waals surface area contributed by atoms with Crippen molar-refractivity contribution in [3.63, 3.8) is 0 Å². The number of hydrogen-bond donors (Lipinski definition) is 1. The second-order valence-corrected chi connectivity index (χ2v) is 6.03. The first-order valence-corrected chi connectivity index (χ1v) is 6.90. The van der Waals surface area contributed by atoms with E-state index in [1.54, 1.807) is 0 Å². The van der Waals surface area contributed by atoms with Crippen LogP contribution in [0.25, 0.3) is 0 Å². The van der Waals surface area contributed by atoms with Gasteiger partial charge < -0.3 is 14.5 Å². The lowest BCUT2D eigenvalue weighted by molar-refractivity contribution is 0.155. The molecule has 17 heavy (non-hydrogen) atoms. The zero-order valence-electron chi connectivity index (χ0n) is 11.2. The Morgan fingerprint density at radius 3 is 2.76 bits per heavy atom. The third-order valence-electron chi connectivity index (χ3n) is 3.83. The molecule has 1 aliphatic rings. The number of likely N-dealkylation sites (tertiary alicyclic amines) is 1. The van der Waals surface area contributed by atoms with Crippen molar-refractivity contribution in [2.75, 3.05) is 20.1 Å². The van der Waals surface area contributed by atoms with Gasteiger partial charge in [0.1, 0.15) is 0 Å². The molecular formula is C13H23N3S. The highest BCUT2D eigenvalue weighted by Crippen LogP contribution is 2.31. The van der Waals surface area contributed by atoms with E-state index in [4.69, 9.17) is 12.2 Å². The molecule has 1 aromatic rings. The van der Waals surface area contributed by atoms with Crippen LogP contribution in [0.15, 0.2) is 6.20 Å². The topological polar surface area (TPSA) is 24.0 Å². The number of rotatable bonds is 2. The van der Waals surface area contributed by atoms with Crippen LogP contribution in [-0.2, 0) is 0 Å². The Balaban J connectivity index is 2.33. The Kier molecular flexibility index (Phi) is 3.73. The van der Waals surface area contributed by atoms with Gasteiger partial charge in [0, 0.05) is 24.5 Å². The summed E-state index contributed by atoms with van der Waals surface area (Å²) < 4.78 is 3.24. The van der Waals surface area contributed by atoms with E-state index in [9.17, 15) is 0 Å². The maximum absolute atomic E-state index is 5.45. The molecule has 0 bridgehead atoms. The van der Waals surface area contributed by atoms with E-state index >= 15 is 0 Å². The molecule has 2 unspecified atom stereocenters. The molecule has 4 heteroatoms. The minimum Gasteiger partial charge on any atom is -0.337 e. The van der Waals surface area contributed by atoms with Crippen molar-refractivity contribution in [2.45, 2.75) is 39.2 Å². The largest absolute Gasteiger partial charge is 0.337 e. The zero-order valence-corrected chi connectivity index (χ0v) is 12.0. The van der Waals surface area contributed by atoms with Gasteiger partial charge in [-0.2, -0.15) is 0 Å². The molecule has 0 radical (unpaired) electrons. The standard InChI is InChI=1S/C13H23N3S/c1-9(2)12-7-14-13(17)16(12)11-5-6-15(4)8-10(11)3/h7,9-11H,5-6,8H2,1-4H3,(H,14,17). The molecule has 1 aliphatic heterocycles. The second kappa shape index (κ2) is 4.94. The molecule has 2 atom stereocenters. The van der Waals surface area contributed by atoms with Crippen molar-refractivity contribution in [2.24, 2.45) is 5.92 Å². The number of hydrogen-bond acceptors (Lipinski definition) is 2. The van der Waals surface area contributed by atoms with Crippen LogP contribution in [-0.4, -0.2) is 34.6 Å². The number of nitrogens with zero attached hydrogens (tertiary/aromatic N) is 2. The first-order valence-electron chi connectivity index (χ1n) is 6.49. The molecule has 1 N–H and O–H groups in total. The van der Waals surface area contributed by atoms with Crippen LogP contribution in [0.1, 0.15) is 44.8 Å². The summed E-state index contributed by atoms with van der Waals surface area (Å²) in [5, 5.41) is 0. The summed E-state index contributed by atoms with van der Waals surface area (Å²) in [6.07, 6.45) is 3.28. The van der Waals surface area contributed by atoms with Gasteiger partial charge in [-0.15, -0.1) is 0 Å². The first kappa shape index (κ1) is 12.8. The average molecular weight is 253 g/mol. The third kappa shape index (κ3) is 2.47. The molecular weight excluding hydrogens is 230 g/mol. The van der Waals surface area contributed by atoms with Gasteiger partial charge in [-0.05, 0) is 44.1 Å². The normalized spacial score (nSPS) is 26.6. The fourth-order valence-electron chi connectivity index (χ4n) is 2.90. The van der Waals surface area contributed by atoms with Crippen molar-refractivity contribution < 1.29 is 0 Å². The van der Waals surface area contributed by atoms with Gasteiger partial charge in [0.2, 0.25) is 0 Å². The Hall–Kier alpha value is -0.610. The molecule has 2 heterocycles. The molecule has 0 spiro atoms. The summed E-state index contributed by atoms with van der Waals surface area (Å²) in [5.74, 6) is 1.18. The van der Waals surface area contributed by atoms with E-state index in [0.717, 1.165) is 11.3 Å². The molecule has 0 saturated carbocycles. The van der Waals surface area contributed by atoms with Crippen molar-refractivity contribution in [3.8, 4) is 0 Å². The summed E-state index contributed by atoms with van der Waals surface area (Å²) in [5.41, 5.74) is 1.34. The third-order valence-corrected chi connectivity index (χ3v) is 4.14. The number of aromatic amines is 1. The molecule has 0 aliphatic carbocycles. The summed E-state index contributed by atoms with van der Waals surface area (Å²) in [6.45, 7) is 9.12. The molecule has 1 saturated heterocycles. The predicted octanol–water partition coefficient (Wildman–Crippen LogP) is 3.18. The van der Waals surface area contributed by atoms with E-state index in [2.05, 4.69) is 48.5 Å². The van der Waals surface area contributed by atoms with Crippen LogP contribution >= 0.6 is 12.2 Å². The van der Waals surface area contributed by atoms with Crippen LogP contribution in [0.3, 0.4) is 0 Å². The lowest BCUT2D eigenvalue weighted by Crippen LogP contribution is -2.38. The first-order chi connectivity index (χ1) is 8.00. The van der Waals surface area contributed by atoms with Crippen molar-refractivity contribution in [1.82, 2.24) is 14.5 Å². The number of piperidine rings is 1. The molecule has 1 aromatic heterocycles. The minimum absolute atomic E-state index is 0.523. The van der Waals surface area contributed by atoms with Crippen LogP contribution in [0.2, 0.25) is 0 Å². The van der Waals surface area contributed by atoms with Gasteiger partial charge >= 0.3 is 0 Å². The lowest BCUT2D eigenvalue weighted by atomic mass is 9.93. The quantitative estimate of drug-likeness (QED) is 0.819. The molecule has 3 nitrogen and oxygen atoms in total. The van der Waals surface area contributed by atoms with Crippen molar-refractivity contribution in [1.29, 1.82) is 0 Å². The number of imidazole rings is 1. The predicted molar refractivity (Wildman–Crippen MR) is 74.0 cm³/mol.